The molecule has 1 aromatic carbocycles. The second-order valence-electron chi connectivity index (χ2n) is 8.20. The molecule has 3 aliphatic rings. The highest BCUT2D eigenvalue weighted by Crippen LogP contribution is 2.31. The second kappa shape index (κ2) is 9.13. The Kier molecular flexibility index (Phi) is 6.34. The Morgan fingerprint density at radius 3 is 2.24 bits per heavy atom. The number of nitriles is 1. The van der Waals surface area contributed by atoms with Crippen molar-refractivity contribution in [2.45, 2.75) is 76.3 Å². The van der Waals surface area contributed by atoms with Gasteiger partial charge in [0.2, 0.25) is 0 Å². The lowest BCUT2D eigenvalue weighted by Gasteiger charge is -2.27. The number of aliphatic imine (C=N–C) groups is 1. The quantitative estimate of drug-likeness (QED) is 0.676. The number of amidine groups is 1. The van der Waals surface area contributed by atoms with Crippen molar-refractivity contribution in [3.05, 3.63) is 40.0 Å². The molecule has 2 fully saturated rings. The monoisotopic (exact) mass is 454 g/mol. The van der Waals surface area contributed by atoms with Gasteiger partial charge in [-0.15, -0.1) is 0 Å². The van der Waals surface area contributed by atoms with Crippen LogP contribution >= 0.6 is 15.9 Å². The van der Waals surface area contributed by atoms with Gasteiger partial charge < -0.3 is 5.32 Å². The van der Waals surface area contributed by atoms with E-state index in [0.717, 1.165) is 35.8 Å². The number of carbonyl (C=O) groups is 1. The molecular formula is C23H27BrN4O. The number of hydrogen-bond donors (Lipinski definition) is 1. The summed E-state index contributed by atoms with van der Waals surface area (Å²) < 4.78 is 0.952. The van der Waals surface area contributed by atoms with Crippen molar-refractivity contribution >= 4 is 33.4 Å². The van der Waals surface area contributed by atoms with Crippen molar-refractivity contribution in [1.82, 2.24) is 5.32 Å². The van der Waals surface area contributed by atoms with Crippen LogP contribution in [0.2, 0.25) is 0 Å². The molecule has 4 rings (SSSR count). The Labute approximate surface area is 181 Å². The molecule has 1 heterocycles. The van der Waals surface area contributed by atoms with Gasteiger partial charge in [0.15, 0.2) is 5.84 Å². The molecule has 2 saturated carbocycles. The van der Waals surface area contributed by atoms with E-state index < -0.39 is 0 Å². The van der Waals surface area contributed by atoms with Crippen molar-refractivity contribution in [1.29, 1.82) is 5.26 Å². The number of hydrogen-bond acceptors (Lipinski definition) is 4. The molecule has 5 nitrogen and oxygen atoms in total. The fourth-order valence-corrected chi connectivity index (χ4v) is 4.83. The Bertz CT molecular complexity index is 856. The third-order valence-electron chi connectivity index (χ3n) is 6.13. The molecule has 0 aromatic heterocycles. The summed E-state index contributed by atoms with van der Waals surface area (Å²) in [7, 11) is 0. The number of nitrogens with zero attached hydrogens (tertiary/aromatic N) is 3. The lowest BCUT2D eigenvalue weighted by molar-refractivity contribution is -0.113. The van der Waals surface area contributed by atoms with E-state index in [2.05, 4.69) is 27.3 Å². The molecule has 0 saturated heterocycles. The van der Waals surface area contributed by atoms with Gasteiger partial charge in [0.1, 0.15) is 17.3 Å². The molecule has 1 aromatic rings. The molecule has 152 valence electrons. The predicted octanol–water partition coefficient (Wildman–Crippen LogP) is 5.23. The van der Waals surface area contributed by atoms with Gasteiger partial charge in [-0.05, 0) is 49.9 Å². The third-order valence-corrected chi connectivity index (χ3v) is 6.66. The summed E-state index contributed by atoms with van der Waals surface area (Å²) in [5, 5.41) is 13.4. The molecule has 0 radical (unpaired) electrons. The molecule has 1 aliphatic heterocycles. The zero-order valence-electron chi connectivity index (χ0n) is 16.7. The first-order valence-corrected chi connectivity index (χ1v) is 11.6. The summed E-state index contributed by atoms with van der Waals surface area (Å²) in [6, 6.07) is 10.3. The second-order valence-corrected chi connectivity index (χ2v) is 9.12. The van der Waals surface area contributed by atoms with Crippen molar-refractivity contribution in [2.75, 3.05) is 4.90 Å². The first-order chi connectivity index (χ1) is 14.2. The number of rotatable bonds is 4. The highest BCUT2D eigenvalue weighted by atomic mass is 79.9. The van der Waals surface area contributed by atoms with E-state index in [-0.39, 0.29) is 17.5 Å². The van der Waals surface area contributed by atoms with Crippen LogP contribution in [0.3, 0.4) is 0 Å². The Morgan fingerprint density at radius 2 is 1.62 bits per heavy atom. The maximum atomic E-state index is 13.2. The summed E-state index contributed by atoms with van der Waals surface area (Å²) in [5.74, 6) is 0.356. The highest BCUT2D eigenvalue weighted by Gasteiger charge is 2.39. The third kappa shape index (κ3) is 4.40. The Hall–Kier alpha value is -2.13. The van der Waals surface area contributed by atoms with Gasteiger partial charge in [0.25, 0.3) is 5.91 Å². The SMILES string of the molecule is N#CC1=C(NC2CCCCC2)C(=NC2CCCCC2)N(c2ccc(Br)cc2)C1=O. The molecule has 0 atom stereocenters. The van der Waals surface area contributed by atoms with Crippen LogP contribution in [0.25, 0.3) is 0 Å². The lowest BCUT2D eigenvalue weighted by Crippen LogP contribution is -2.38. The summed E-state index contributed by atoms with van der Waals surface area (Å²) in [6.07, 6.45) is 11.5. The van der Waals surface area contributed by atoms with E-state index in [0.29, 0.717) is 17.6 Å². The largest absolute Gasteiger partial charge is 0.378 e. The van der Waals surface area contributed by atoms with Gasteiger partial charge >= 0.3 is 0 Å². The van der Waals surface area contributed by atoms with E-state index >= 15 is 0 Å². The minimum Gasteiger partial charge on any atom is -0.378 e. The zero-order chi connectivity index (χ0) is 20.2. The molecule has 2 aliphatic carbocycles. The van der Waals surface area contributed by atoms with Crippen LogP contribution in [0.4, 0.5) is 5.69 Å². The number of carbonyl (C=O) groups excluding carboxylic acids is 1. The Balaban J connectivity index is 1.73. The molecule has 0 unspecified atom stereocenters. The van der Waals surface area contributed by atoms with E-state index in [1.54, 1.807) is 4.90 Å². The van der Waals surface area contributed by atoms with Gasteiger partial charge in [-0.1, -0.05) is 54.5 Å². The smallest absolute Gasteiger partial charge is 0.277 e. The van der Waals surface area contributed by atoms with Crippen molar-refractivity contribution in [2.24, 2.45) is 4.99 Å². The van der Waals surface area contributed by atoms with Crippen LogP contribution in [-0.4, -0.2) is 23.8 Å². The predicted molar refractivity (Wildman–Crippen MR) is 119 cm³/mol. The number of nitrogens with one attached hydrogen (secondary N) is 1. The minimum absolute atomic E-state index is 0.188. The molecule has 0 spiro atoms. The van der Waals surface area contributed by atoms with Gasteiger partial charge in [-0.2, -0.15) is 5.26 Å². The van der Waals surface area contributed by atoms with Gasteiger partial charge in [0, 0.05) is 10.5 Å². The summed E-state index contributed by atoms with van der Waals surface area (Å²) >= 11 is 3.46. The van der Waals surface area contributed by atoms with E-state index in [1.165, 1.54) is 38.5 Å². The van der Waals surface area contributed by atoms with Gasteiger partial charge in [0.05, 0.1) is 11.7 Å². The number of anilines is 1. The van der Waals surface area contributed by atoms with Crippen molar-refractivity contribution < 1.29 is 4.79 Å². The standard InChI is InChI=1S/C23H27BrN4O/c24-16-11-13-19(14-12-16)28-22(27-18-9-5-2-6-10-18)21(20(15-25)23(28)29)26-17-7-3-1-4-8-17/h11-14,17-18,26H,1-10H2. The van der Waals surface area contributed by atoms with Crippen LogP contribution in [0.15, 0.2) is 45.0 Å². The van der Waals surface area contributed by atoms with Crippen LogP contribution < -0.4 is 10.2 Å². The number of halogens is 1. The van der Waals surface area contributed by atoms with Gasteiger partial charge in [-0.3, -0.25) is 14.7 Å². The zero-order valence-corrected chi connectivity index (χ0v) is 18.2. The normalized spacial score (nSPS) is 23.0. The maximum Gasteiger partial charge on any atom is 0.277 e. The average Bonchev–Trinajstić information content (AvgIpc) is 3.00. The van der Waals surface area contributed by atoms with Crippen molar-refractivity contribution in [3.63, 3.8) is 0 Å². The summed E-state index contributed by atoms with van der Waals surface area (Å²) in [4.78, 5) is 19.9. The first-order valence-electron chi connectivity index (χ1n) is 10.8. The van der Waals surface area contributed by atoms with E-state index in [4.69, 9.17) is 4.99 Å². The maximum absolute atomic E-state index is 13.2. The van der Waals surface area contributed by atoms with Gasteiger partial charge in [-0.25, -0.2) is 0 Å². The average molecular weight is 455 g/mol. The lowest BCUT2D eigenvalue weighted by atomic mass is 9.95. The molecule has 1 N–H and O–H groups in total. The van der Waals surface area contributed by atoms with Crippen LogP contribution in [-0.2, 0) is 4.79 Å². The molecule has 0 bridgehead atoms. The van der Waals surface area contributed by atoms with Crippen LogP contribution in [0.1, 0.15) is 64.2 Å². The molecular weight excluding hydrogens is 428 g/mol. The van der Waals surface area contributed by atoms with Crippen LogP contribution in [0, 0.1) is 11.3 Å². The van der Waals surface area contributed by atoms with Crippen LogP contribution in [0.5, 0.6) is 0 Å². The summed E-state index contributed by atoms with van der Waals surface area (Å²) in [5.41, 5.74) is 1.58. The molecule has 29 heavy (non-hydrogen) atoms. The fourth-order valence-electron chi connectivity index (χ4n) is 4.57. The van der Waals surface area contributed by atoms with Crippen molar-refractivity contribution in [3.8, 4) is 6.07 Å². The minimum atomic E-state index is -0.275. The fraction of sp³-hybridized carbons (Fsp3) is 0.522. The topological polar surface area (TPSA) is 68.5 Å². The highest BCUT2D eigenvalue weighted by molar-refractivity contribution is 9.10. The number of benzene rings is 1. The Morgan fingerprint density at radius 1 is 1.00 bits per heavy atom. The van der Waals surface area contributed by atoms with E-state index in [9.17, 15) is 10.1 Å². The summed E-state index contributed by atoms with van der Waals surface area (Å²) in [6.45, 7) is 0. The van der Waals surface area contributed by atoms with E-state index in [1.807, 2.05) is 24.3 Å². The molecule has 1 amide bonds. The molecule has 6 heteroatoms. The first kappa shape index (κ1) is 20.2. The number of amides is 1.